The van der Waals surface area contributed by atoms with Gasteiger partial charge in [0, 0.05) is 0 Å². The maximum absolute atomic E-state index is 5.47. The van der Waals surface area contributed by atoms with Crippen LogP contribution in [0, 0.1) is 0 Å². The molecular weight excluding hydrogens is 152 g/mol. The molecule has 1 unspecified atom stereocenters. The molecule has 12 heavy (non-hydrogen) atoms. The molecule has 3 nitrogen and oxygen atoms in total. The van der Waals surface area contributed by atoms with Gasteiger partial charge < -0.3 is 0 Å². The summed E-state index contributed by atoms with van der Waals surface area (Å²) in [5.41, 5.74) is 1.09. The highest BCUT2D eigenvalue weighted by Crippen LogP contribution is 2.16. The monoisotopic (exact) mass is 164 g/mol. The lowest BCUT2D eigenvalue weighted by Crippen LogP contribution is -2.20. The molecular formula is C9H12N2O. The Bertz CT molecular complexity index is 250. The summed E-state index contributed by atoms with van der Waals surface area (Å²) in [5, 5.41) is 5.02. The molecule has 1 fully saturated rings. The SMILES string of the molecule is CC1NCN(c2ccccc2)O1. The van der Waals surface area contributed by atoms with Gasteiger partial charge in [0.25, 0.3) is 0 Å². The Balaban J connectivity index is 2.11. The van der Waals surface area contributed by atoms with Gasteiger partial charge in [-0.2, -0.15) is 0 Å². The molecule has 1 heterocycles. The van der Waals surface area contributed by atoms with Crippen LogP contribution in [-0.4, -0.2) is 12.9 Å². The van der Waals surface area contributed by atoms with E-state index in [1.54, 1.807) is 0 Å². The second kappa shape index (κ2) is 3.13. The molecule has 64 valence electrons. The van der Waals surface area contributed by atoms with E-state index in [-0.39, 0.29) is 6.23 Å². The molecule has 1 aromatic carbocycles. The molecule has 1 aliphatic heterocycles. The molecule has 0 saturated carbocycles. The molecule has 1 atom stereocenters. The Hall–Kier alpha value is -1.06. The number of hydroxylamine groups is 1. The fourth-order valence-electron chi connectivity index (χ4n) is 1.22. The van der Waals surface area contributed by atoms with Crippen molar-refractivity contribution < 1.29 is 4.84 Å². The van der Waals surface area contributed by atoms with Crippen LogP contribution in [0.2, 0.25) is 0 Å². The van der Waals surface area contributed by atoms with Crippen LogP contribution in [0.5, 0.6) is 0 Å². The molecule has 1 aromatic rings. The maximum Gasteiger partial charge on any atom is 0.134 e. The zero-order chi connectivity index (χ0) is 8.39. The molecule has 1 N–H and O–H groups in total. The minimum atomic E-state index is 0.116. The molecule has 2 rings (SSSR count). The summed E-state index contributed by atoms with van der Waals surface area (Å²) in [4.78, 5) is 5.47. The Morgan fingerprint density at radius 1 is 1.42 bits per heavy atom. The lowest BCUT2D eigenvalue weighted by molar-refractivity contribution is 0.0925. The first-order chi connectivity index (χ1) is 5.86. The van der Waals surface area contributed by atoms with Crippen LogP contribution in [0.4, 0.5) is 5.69 Å². The second-order valence-corrected chi connectivity index (χ2v) is 2.82. The van der Waals surface area contributed by atoms with Crippen molar-refractivity contribution in [1.82, 2.24) is 5.32 Å². The van der Waals surface area contributed by atoms with Crippen LogP contribution in [-0.2, 0) is 4.84 Å². The number of hydrogen-bond acceptors (Lipinski definition) is 3. The highest BCUT2D eigenvalue weighted by molar-refractivity contribution is 5.43. The van der Waals surface area contributed by atoms with Crippen molar-refractivity contribution in [3.8, 4) is 0 Å². The minimum absolute atomic E-state index is 0.116. The predicted octanol–water partition coefficient (Wildman–Crippen LogP) is 1.33. The van der Waals surface area contributed by atoms with Crippen LogP contribution in [0.1, 0.15) is 6.92 Å². The summed E-state index contributed by atoms with van der Waals surface area (Å²) in [6, 6.07) is 10.1. The topological polar surface area (TPSA) is 24.5 Å². The summed E-state index contributed by atoms with van der Waals surface area (Å²) in [6.45, 7) is 2.74. The van der Waals surface area contributed by atoms with E-state index in [4.69, 9.17) is 4.84 Å². The van der Waals surface area contributed by atoms with Crippen LogP contribution in [0.3, 0.4) is 0 Å². The highest BCUT2D eigenvalue weighted by atomic mass is 16.7. The molecule has 0 spiro atoms. The normalized spacial score (nSPS) is 23.1. The van der Waals surface area contributed by atoms with Gasteiger partial charge in [-0.1, -0.05) is 18.2 Å². The van der Waals surface area contributed by atoms with Crippen molar-refractivity contribution >= 4 is 5.69 Å². The summed E-state index contributed by atoms with van der Waals surface area (Å²) in [6.07, 6.45) is 0.116. The van der Waals surface area contributed by atoms with E-state index in [0.717, 1.165) is 12.4 Å². The quantitative estimate of drug-likeness (QED) is 0.677. The standard InChI is InChI=1S/C9H12N2O/c1-8-10-7-11(12-8)9-5-3-2-4-6-9/h2-6,8,10H,7H2,1H3. The van der Waals surface area contributed by atoms with E-state index in [9.17, 15) is 0 Å². The average molecular weight is 164 g/mol. The van der Waals surface area contributed by atoms with Crippen molar-refractivity contribution in [3.63, 3.8) is 0 Å². The molecule has 0 bridgehead atoms. The zero-order valence-electron chi connectivity index (χ0n) is 7.03. The molecule has 3 heteroatoms. The molecule has 0 aromatic heterocycles. The Morgan fingerprint density at radius 2 is 2.17 bits per heavy atom. The summed E-state index contributed by atoms with van der Waals surface area (Å²) >= 11 is 0. The third kappa shape index (κ3) is 1.42. The van der Waals surface area contributed by atoms with Gasteiger partial charge in [0.1, 0.15) is 6.23 Å². The Kier molecular flexibility index (Phi) is 1.98. The Morgan fingerprint density at radius 3 is 2.75 bits per heavy atom. The van der Waals surface area contributed by atoms with Crippen molar-refractivity contribution in [2.24, 2.45) is 0 Å². The van der Waals surface area contributed by atoms with Crippen LogP contribution in [0.15, 0.2) is 30.3 Å². The number of nitrogens with zero attached hydrogens (tertiary/aromatic N) is 1. The van der Waals surface area contributed by atoms with Crippen LogP contribution in [0.25, 0.3) is 0 Å². The van der Waals surface area contributed by atoms with E-state index in [1.807, 2.05) is 42.3 Å². The largest absolute Gasteiger partial charge is 0.271 e. The highest BCUT2D eigenvalue weighted by Gasteiger charge is 2.18. The van der Waals surface area contributed by atoms with Gasteiger partial charge >= 0.3 is 0 Å². The number of rotatable bonds is 1. The predicted molar refractivity (Wildman–Crippen MR) is 47.5 cm³/mol. The van der Waals surface area contributed by atoms with Crippen molar-refractivity contribution in [1.29, 1.82) is 0 Å². The van der Waals surface area contributed by atoms with Gasteiger partial charge in [-0.15, -0.1) is 0 Å². The molecule has 0 amide bonds. The summed E-state index contributed by atoms with van der Waals surface area (Å²) in [7, 11) is 0. The van der Waals surface area contributed by atoms with E-state index in [2.05, 4.69) is 5.32 Å². The zero-order valence-corrected chi connectivity index (χ0v) is 7.03. The van der Waals surface area contributed by atoms with E-state index < -0.39 is 0 Å². The van der Waals surface area contributed by atoms with Gasteiger partial charge in [0.15, 0.2) is 0 Å². The first kappa shape index (κ1) is 7.58. The van der Waals surface area contributed by atoms with Crippen molar-refractivity contribution in [3.05, 3.63) is 30.3 Å². The van der Waals surface area contributed by atoms with Gasteiger partial charge in [-0.3, -0.25) is 10.2 Å². The fraction of sp³-hybridized carbons (Fsp3) is 0.333. The smallest absolute Gasteiger partial charge is 0.134 e. The van der Waals surface area contributed by atoms with E-state index in [0.29, 0.717) is 0 Å². The van der Waals surface area contributed by atoms with Gasteiger partial charge in [-0.25, -0.2) is 5.06 Å². The Labute approximate surface area is 71.9 Å². The number of anilines is 1. The van der Waals surface area contributed by atoms with Gasteiger partial charge in [-0.05, 0) is 19.1 Å². The molecule has 1 saturated heterocycles. The van der Waals surface area contributed by atoms with Crippen LogP contribution >= 0.6 is 0 Å². The average Bonchev–Trinajstić information content (AvgIpc) is 2.54. The van der Waals surface area contributed by atoms with Gasteiger partial charge in [0.2, 0.25) is 0 Å². The first-order valence-corrected chi connectivity index (χ1v) is 4.09. The van der Waals surface area contributed by atoms with E-state index in [1.165, 1.54) is 0 Å². The third-order valence-corrected chi connectivity index (χ3v) is 1.85. The number of nitrogens with one attached hydrogen (secondary N) is 1. The molecule has 0 aliphatic carbocycles. The van der Waals surface area contributed by atoms with Crippen molar-refractivity contribution in [2.45, 2.75) is 13.2 Å². The molecule has 0 radical (unpaired) electrons. The van der Waals surface area contributed by atoms with Crippen molar-refractivity contribution in [2.75, 3.05) is 11.7 Å². The fourth-order valence-corrected chi connectivity index (χ4v) is 1.22. The maximum atomic E-state index is 5.47. The third-order valence-electron chi connectivity index (χ3n) is 1.85. The lowest BCUT2D eigenvalue weighted by atomic mass is 10.3. The lowest BCUT2D eigenvalue weighted by Gasteiger charge is -2.14. The van der Waals surface area contributed by atoms with Crippen LogP contribution < -0.4 is 10.4 Å². The van der Waals surface area contributed by atoms with Gasteiger partial charge in [0.05, 0.1) is 12.4 Å². The van der Waals surface area contributed by atoms with E-state index >= 15 is 0 Å². The summed E-state index contributed by atoms with van der Waals surface area (Å²) < 4.78 is 0. The first-order valence-electron chi connectivity index (χ1n) is 4.09. The summed E-state index contributed by atoms with van der Waals surface area (Å²) in [5.74, 6) is 0. The second-order valence-electron chi connectivity index (χ2n) is 2.82. The number of hydrogen-bond donors (Lipinski definition) is 1. The number of benzene rings is 1. The number of para-hydroxylation sites is 1. The molecule has 1 aliphatic rings. The minimum Gasteiger partial charge on any atom is -0.271 e.